The Labute approximate surface area is 139 Å². The fourth-order valence-electron chi connectivity index (χ4n) is 2.88. The van der Waals surface area contributed by atoms with E-state index in [1.807, 2.05) is 29.2 Å². The van der Waals surface area contributed by atoms with Gasteiger partial charge in [-0.2, -0.15) is 0 Å². The molecule has 0 bridgehead atoms. The zero-order valence-corrected chi connectivity index (χ0v) is 13.7. The summed E-state index contributed by atoms with van der Waals surface area (Å²) in [6.07, 6.45) is 0. The lowest BCUT2D eigenvalue weighted by Crippen LogP contribution is -2.43. The number of methoxy groups -OCH3 is 2. The minimum Gasteiger partial charge on any atom is -0.497 e. The molecule has 24 heavy (non-hydrogen) atoms. The fraction of sp³-hybridized carbons (Fsp3) is 0.353. The van der Waals surface area contributed by atoms with Crippen LogP contribution in [0.3, 0.4) is 0 Å². The third-order valence-corrected chi connectivity index (χ3v) is 4.12. The van der Waals surface area contributed by atoms with Crippen LogP contribution in [0.2, 0.25) is 0 Å². The molecule has 7 heteroatoms. The van der Waals surface area contributed by atoms with E-state index in [1.165, 1.54) is 7.11 Å². The highest BCUT2D eigenvalue weighted by Crippen LogP contribution is 2.34. The van der Waals surface area contributed by atoms with Crippen molar-refractivity contribution >= 4 is 17.4 Å². The van der Waals surface area contributed by atoms with E-state index in [9.17, 15) is 9.59 Å². The number of nitrogens with zero attached hydrogens (tertiary/aromatic N) is 2. The highest BCUT2D eigenvalue weighted by atomic mass is 16.5. The molecule has 0 saturated heterocycles. The highest BCUT2D eigenvalue weighted by Gasteiger charge is 2.41. The van der Waals surface area contributed by atoms with Gasteiger partial charge in [0.1, 0.15) is 17.4 Å². The van der Waals surface area contributed by atoms with Gasteiger partial charge in [-0.15, -0.1) is 0 Å². The predicted molar refractivity (Wildman–Crippen MR) is 85.1 cm³/mol. The number of aryl methyl sites for hydroxylation is 1. The smallest absolute Gasteiger partial charge is 0.318 e. The molecule has 1 aliphatic heterocycles. The molecule has 1 aromatic carbocycles. The molecule has 1 atom stereocenters. The van der Waals surface area contributed by atoms with Crippen LogP contribution < -0.4 is 9.64 Å². The lowest BCUT2D eigenvalue weighted by molar-refractivity contribution is -0.143. The highest BCUT2D eigenvalue weighted by molar-refractivity contribution is 6.12. The molecule has 0 radical (unpaired) electrons. The quantitative estimate of drug-likeness (QED) is 0.626. The molecule has 0 fully saturated rings. The van der Waals surface area contributed by atoms with Crippen molar-refractivity contribution in [3.8, 4) is 5.75 Å². The average molecular weight is 330 g/mol. The summed E-state index contributed by atoms with van der Waals surface area (Å²) in [6.45, 7) is 2.49. The molecule has 0 aliphatic carbocycles. The summed E-state index contributed by atoms with van der Waals surface area (Å²) >= 11 is 0. The van der Waals surface area contributed by atoms with E-state index in [1.54, 1.807) is 14.0 Å². The number of hydrogen-bond acceptors (Lipinski definition) is 7. The van der Waals surface area contributed by atoms with E-state index in [-0.39, 0.29) is 18.0 Å². The minimum absolute atomic E-state index is 0.183. The first-order chi connectivity index (χ1) is 11.5. The number of hydrogen-bond donors (Lipinski definition) is 0. The SMILES string of the molecule is COC(=O)C1CN(Cc2ccc(OC)cc2)c2c(noc2C)C1=O. The minimum atomic E-state index is -0.898. The van der Waals surface area contributed by atoms with Crippen molar-refractivity contribution in [1.82, 2.24) is 5.16 Å². The first kappa shape index (κ1) is 16.0. The molecule has 2 heterocycles. The summed E-state index contributed by atoms with van der Waals surface area (Å²) in [6, 6.07) is 7.60. The molecular formula is C17H18N2O5. The van der Waals surface area contributed by atoms with Gasteiger partial charge in [-0.3, -0.25) is 9.59 Å². The van der Waals surface area contributed by atoms with Gasteiger partial charge in [-0.25, -0.2) is 0 Å². The van der Waals surface area contributed by atoms with Gasteiger partial charge < -0.3 is 18.9 Å². The molecule has 2 aromatic rings. The van der Waals surface area contributed by atoms with Crippen molar-refractivity contribution in [2.45, 2.75) is 13.5 Å². The normalized spacial score (nSPS) is 16.7. The lowest BCUT2D eigenvalue weighted by Gasteiger charge is -2.31. The summed E-state index contributed by atoms with van der Waals surface area (Å²) in [5.74, 6) is -0.506. The van der Waals surface area contributed by atoms with Crippen LogP contribution in [0.5, 0.6) is 5.75 Å². The van der Waals surface area contributed by atoms with Crippen LogP contribution >= 0.6 is 0 Å². The van der Waals surface area contributed by atoms with Gasteiger partial charge in [-0.1, -0.05) is 17.3 Å². The van der Waals surface area contributed by atoms with E-state index in [4.69, 9.17) is 14.0 Å². The number of Topliss-reactive ketones (excluding diaryl/α,β-unsaturated/α-hetero) is 1. The molecule has 0 amide bonds. The van der Waals surface area contributed by atoms with E-state index >= 15 is 0 Å². The Hall–Kier alpha value is -2.83. The molecule has 1 unspecified atom stereocenters. The Morgan fingerprint density at radius 2 is 2.04 bits per heavy atom. The van der Waals surface area contributed by atoms with Crippen LogP contribution in [0.4, 0.5) is 5.69 Å². The van der Waals surface area contributed by atoms with Crippen LogP contribution in [0.15, 0.2) is 28.8 Å². The second-order valence-corrected chi connectivity index (χ2v) is 5.60. The first-order valence-corrected chi connectivity index (χ1v) is 7.51. The van der Waals surface area contributed by atoms with Crippen molar-refractivity contribution in [2.24, 2.45) is 5.92 Å². The Morgan fingerprint density at radius 3 is 2.67 bits per heavy atom. The zero-order chi connectivity index (χ0) is 17.3. The lowest BCUT2D eigenvalue weighted by atomic mass is 9.94. The van der Waals surface area contributed by atoms with Crippen molar-refractivity contribution in [3.05, 3.63) is 41.3 Å². The maximum absolute atomic E-state index is 12.4. The average Bonchev–Trinajstić information content (AvgIpc) is 3.00. The molecule has 0 saturated carbocycles. The van der Waals surface area contributed by atoms with Crippen LogP contribution in [0.1, 0.15) is 21.8 Å². The molecule has 0 N–H and O–H groups in total. The monoisotopic (exact) mass is 330 g/mol. The van der Waals surface area contributed by atoms with Gasteiger partial charge in [0.05, 0.1) is 14.2 Å². The number of aromatic nitrogens is 1. The van der Waals surface area contributed by atoms with E-state index < -0.39 is 11.9 Å². The summed E-state index contributed by atoms with van der Waals surface area (Å²) in [7, 11) is 2.88. The number of rotatable bonds is 4. The van der Waals surface area contributed by atoms with E-state index in [0.717, 1.165) is 11.3 Å². The van der Waals surface area contributed by atoms with E-state index in [0.29, 0.717) is 18.0 Å². The molecule has 7 nitrogen and oxygen atoms in total. The molecule has 3 rings (SSSR count). The number of carbonyl (C=O) groups excluding carboxylic acids is 2. The zero-order valence-electron chi connectivity index (χ0n) is 13.7. The molecule has 0 spiro atoms. The Balaban J connectivity index is 1.93. The molecule has 1 aromatic heterocycles. The first-order valence-electron chi connectivity index (χ1n) is 7.51. The van der Waals surface area contributed by atoms with E-state index in [2.05, 4.69) is 5.16 Å². The number of carbonyl (C=O) groups is 2. The Kier molecular flexibility index (Phi) is 4.24. The van der Waals surface area contributed by atoms with Crippen molar-refractivity contribution in [2.75, 3.05) is 25.7 Å². The standard InChI is InChI=1S/C17H18N2O5/c1-10-15-14(18-24-10)16(20)13(17(21)23-3)9-19(15)8-11-4-6-12(22-2)7-5-11/h4-7,13H,8-9H2,1-3H3. The van der Waals surface area contributed by atoms with Gasteiger partial charge in [0.25, 0.3) is 0 Å². The number of fused-ring (bicyclic) bond motifs is 1. The van der Waals surface area contributed by atoms with Gasteiger partial charge in [0, 0.05) is 13.1 Å². The number of esters is 1. The van der Waals surface area contributed by atoms with Gasteiger partial charge in [-0.05, 0) is 24.6 Å². The van der Waals surface area contributed by atoms with Crippen LogP contribution in [0.25, 0.3) is 0 Å². The molecular weight excluding hydrogens is 312 g/mol. The topological polar surface area (TPSA) is 81.9 Å². The number of benzene rings is 1. The number of ether oxygens (including phenoxy) is 2. The van der Waals surface area contributed by atoms with Crippen molar-refractivity contribution < 1.29 is 23.6 Å². The van der Waals surface area contributed by atoms with Gasteiger partial charge in [0.15, 0.2) is 11.5 Å². The van der Waals surface area contributed by atoms with Crippen molar-refractivity contribution in [1.29, 1.82) is 0 Å². The van der Waals surface area contributed by atoms with Crippen molar-refractivity contribution in [3.63, 3.8) is 0 Å². The fourth-order valence-corrected chi connectivity index (χ4v) is 2.88. The third-order valence-electron chi connectivity index (χ3n) is 4.12. The number of anilines is 1. The summed E-state index contributed by atoms with van der Waals surface area (Å²) in [5, 5.41) is 3.83. The molecule has 1 aliphatic rings. The second kappa shape index (κ2) is 6.35. The third kappa shape index (κ3) is 2.73. The van der Waals surface area contributed by atoms with Crippen LogP contribution in [-0.4, -0.2) is 37.7 Å². The van der Waals surface area contributed by atoms with Crippen LogP contribution in [0, 0.1) is 12.8 Å². The summed E-state index contributed by atoms with van der Waals surface area (Å²) in [5.41, 5.74) is 1.83. The maximum Gasteiger partial charge on any atom is 0.318 e. The number of ketones is 1. The summed E-state index contributed by atoms with van der Waals surface area (Å²) < 4.78 is 15.1. The van der Waals surface area contributed by atoms with Crippen LogP contribution in [-0.2, 0) is 16.1 Å². The maximum atomic E-state index is 12.4. The van der Waals surface area contributed by atoms with Gasteiger partial charge in [0.2, 0.25) is 5.78 Å². The second-order valence-electron chi connectivity index (χ2n) is 5.60. The largest absolute Gasteiger partial charge is 0.497 e. The Morgan fingerprint density at radius 1 is 1.33 bits per heavy atom. The summed E-state index contributed by atoms with van der Waals surface area (Å²) in [4.78, 5) is 26.3. The van der Waals surface area contributed by atoms with Gasteiger partial charge >= 0.3 is 5.97 Å². The molecule has 126 valence electrons. The Bertz CT molecular complexity index is 766. The predicted octanol–water partition coefficient (Wildman–Crippen LogP) is 1.98.